The number of anilines is 1. The molecule has 9 heteroatoms. The maximum absolute atomic E-state index is 12.2. The van der Waals surface area contributed by atoms with Crippen LogP contribution in [0, 0.1) is 0 Å². The zero-order valence-corrected chi connectivity index (χ0v) is 15.8. The summed E-state index contributed by atoms with van der Waals surface area (Å²) in [5, 5.41) is 6.65. The second-order valence-corrected chi connectivity index (χ2v) is 5.93. The van der Waals surface area contributed by atoms with Gasteiger partial charge in [-0.2, -0.15) is 10.1 Å². The lowest BCUT2D eigenvalue weighted by molar-refractivity contribution is -0.117. The van der Waals surface area contributed by atoms with Crippen LogP contribution in [0.3, 0.4) is 0 Å². The van der Waals surface area contributed by atoms with Gasteiger partial charge in [-0.05, 0) is 36.4 Å². The van der Waals surface area contributed by atoms with Crippen molar-refractivity contribution in [1.82, 2.24) is 14.8 Å². The molecular weight excluding hydrogens is 376 g/mol. The number of nitrogens with zero attached hydrogens (tertiary/aromatic N) is 3. The predicted molar refractivity (Wildman–Crippen MR) is 105 cm³/mol. The van der Waals surface area contributed by atoms with E-state index in [0.717, 1.165) is 4.68 Å². The number of methoxy groups -OCH3 is 2. The third kappa shape index (κ3) is 4.83. The molecule has 0 aliphatic carbocycles. The molecule has 0 spiro atoms. The number of benzene rings is 2. The SMILES string of the molecule is COC(=O)c1ccc(NC(=O)Cn2ncc(-c3cccc(OC)c3)nc2=O)cc1. The fraction of sp³-hybridized carbons (Fsp3) is 0.150. The van der Waals surface area contributed by atoms with E-state index in [1.54, 1.807) is 43.5 Å². The molecule has 1 amide bonds. The Balaban J connectivity index is 1.69. The first-order valence-corrected chi connectivity index (χ1v) is 8.57. The zero-order chi connectivity index (χ0) is 20.8. The minimum absolute atomic E-state index is 0.303. The number of esters is 1. The smallest absolute Gasteiger partial charge is 0.365 e. The number of rotatable bonds is 6. The van der Waals surface area contributed by atoms with Gasteiger partial charge in [-0.15, -0.1) is 0 Å². The van der Waals surface area contributed by atoms with E-state index in [4.69, 9.17) is 4.74 Å². The van der Waals surface area contributed by atoms with Gasteiger partial charge in [0.05, 0.1) is 31.7 Å². The molecular formula is C20H18N4O5. The van der Waals surface area contributed by atoms with E-state index in [-0.39, 0.29) is 6.54 Å². The molecule has 2 aromatic carbocycles. The highest BCUT2D eigenvalue weighted by molar-refractivity contribution is 5.92. The van der Waals surface area contributed by atoms with Gasteiger partial charge in [-0.25, -0.2) is 14.3 Å². The van der Waals surface area contributed by atoms with Crippen LogP contribution in [-0.4, -0.2) is 40.9 Å². The van der Waals surface area contributed by atoms with E-state index in [1.807, 2.05) is 0 Å². The Bertz CT molecular complexity index is 1090. The Morgan fingerprint density at radius 3 is 2.52 bits per heavy atom. The molecule has 0 fully saturated rings. The average Bonchev–Trinajstić information content (AvgIpc) is 2.75. The van der Waals surface area contributed by atoms with Crippen LogP contribution in [0.5, 0.6) is 5.75 Å². The van der Waals surface area contributed by atoms with Gasteiger partial charge < -0.3 is 14.8 Å². The third-order valence-electron chi connectivity index (χ3n) is 4.00. The van der Waals surface area contributed by atoms with Crippen molar-refractivity contribution in [2.75, 3.05) is 19.5 Å². The number of amides is 1. The summed E-state index contributed by atoms with van der Waals surface area (Å²) >= 11 is 0. The second-order valence-electron chi connectivity index (χ2n) is 5.93. The number of nitrogens with one attached hydrogen (secondary N) is 1. The van der Waals surface area contributed by atoms with E-state index < -0.39 is 17.6 Å². The lowest BCUT2D eigenvalue weighted by Crippen LogP contribution is -2.31. The molecule has 0 saturated carbocycles. The average molecular weight is 394 g/mol. The van der Waals surface area contributed by atoms with Crippen LogP contribution in [0.4, 0.5) is 5.69 Å². The van der Waals surface area contributed by atoms with Crippen LogP contribution in [-0.2, 0) is 16.1 Å². The Labute approximate surface area is 165 Å². The van der Waals surface area contributed by atoms with Gasteiger partial charge in [0, 0.05) is 11.3 Å². The minimum Gasteiger partial charge on any atom is -0.497 e. The molecule has 1 heterocycles. The van der Waals surface area contributed by atoms with Crippen molar-refractivity contribution in [1.29, 1.82) is 0 Å². The van der Waals surface area contributed by atoms with Crippen molar-refractivity contribution in [3.8, 4) is 17.0 Å². The van der Waals surface area contributed by atoms with Crippen LogP contribution in [0.25, 0.3) is 11.3 Å². The predicted octanol–water partition coefficient (Wildman–Crippen LogP) is 1.74. The van der Waals surface area contributed by atoms with Crippen LogP contribution in [0.15, 0.2) is 59.5 Å². The number of hydrogen-bond donors (Lipinski definition) is 1. The van der Waals surface area contributed by atoms with Gasteiger partial charge in [0.2, 0.25) is 5.91 Å². The summed E-state index contributed by atoms with van der Waals surface area (Å²) in [5.41, 5.74) is 1.24. The van der Waals surface area contributed by atoms with E-state index >= 15 is 0 Å². The van der Waals surface area contributed by atoms with Gasteiger partial charge in [0.1, 0.15) is 12.3 Å². The van der Waals surface area contributed by atoms with Gasteiger partial charge >= 0.3 is 11.7 Å². The van der Waals surface area contributed by atoms with Crippen molar-refractivity contribution in [2.24, 2.45) is 0 Å². The van der Waals surface area contributed by atoms with Gasteiger partial charge in [-0.3, -0.25) is 4.79 Å². The maximum atomic E-state index is 12.2. The lowest BCUT2D eigenvalue weighted by atomic mass is 10.1. The van der Waals surface area contributed by atoms with E-state index in [2.05, 4.69) is 20.1 Å². The maximum Gasteiger partial charge on any atom is 0.365 e. The van der Waals surface area contributed by atoms with Crippen molar-refractivity contribution in [3.63, 3.8) is 0 Å². The molecule has 1 N–H and O–H groups in total. The summed E-state index contributed by atoms with van der Waals surface area (Å²) in [7, 11) is 2.83. The highest BCUT2D eigenvalue weighted by Gasteiger charge is 2.10. The van der Waals surface area contributed by atoms with Gasteiger partial charge in [-0.1, -0.05) is 12.1 Å². The number of hydrogen-bond acceptors (Lipinski definition) is 7. The third-order valence-corrected chi connectivity index (χ3v) is 4.00. The Kier molecular flexibility index (Phi) is 5.98. The first-order chi connectivity index (χ1) is 14.0. The Morgan fingerprint density at radius 2 is 1.86 bits per heavy atom. The largest absolute Gasteiger partial charge is 0.497 e. The topological polar surface area (TPSA) is 112 Å². The molecule has 1 aromatic heterocycles. The molecule has 29 heavy (non-hydrogen) atoms. The molecule has 0 aliphatic rings. The molecule has 0 atom stereocenters. The van der Waals surface area contributed by atoms with Crippen molar-refractivity contribution < 1.29 is 19.1 Å². The summed E-state index contributed by atoms with van der Waals surface area (Å²) in [6.07, 6.45) is 1.41. The van der Waals surface area contributed by atoms with Crippen molar-refractivity contribution in [3.05, 3.63) is 70.8 Å². The molecule has 3 aromatic rings. The van der Waals surface area contributed by atoms with Gasteiger partial charge in [0.25, 0.3) is 0 Å². The minimum atomic E-state index is -0.651. The molecule has 3 rings (SSSR count). The quantitative estimate of drug-likeness (QED) is 0.634. The number of carbonyl (C=O) groups excluding carboxylic acids is 2. The van der Waals surface area contributed by atoms with E-state index in [0.29, 0.717) is 28.3 Å². The van der Waals surface area contributed by atoms with E-state index in [9.17, 15) is 14.4 Å². The number of ether oxygens (including phenoxy) is 2. The summed E-state index contributed by atoms with van der Waals surface area (Å²) in [5.74, 6) is -0.298. The van der Waals surface area contributed by atoms with Gasteiger partial charge in [0.15, 0.2) is 0 Å². The molecule has 0 radical (unpaired) electrons. The fourth-order valence-electron chi connectivity index (χ4n) is 2.54. The Morgan fingerprint density at radius 1 is 1.10 bits per heavy atom. The summed E-state index contributed by atoms with van der Waals surface area (Å²) < 4.78 is 10.7. The monoisotopic (exact) mass is 394 g/mol. The zero-order valence-electron chi connectivity index (χ0n) is 15.8. The molecule has 0 saturated heterocycles. The highest BCUT2D eigenvalue weighted by atomic mass is 16.5. The second kappa shape index (κ2) is 8.79. The van der Waals surface area contributed by atoms with Crippen LogP contribution in [0.2, 0.25) is 0 Å². The molecule has 0 bridgehead atoms. The molecule has 148 valence electrons. The first-order valence-electron chi connectivity index (χ1n) is 8.57. The summed E-state index contributed by atoms with van der Waals surface area (Å²) in [4.78, 5) is 39.8. The number of carbonyl (C=O) groups is 2. The first kappa shape index (κ1) is 19.7. The molecule has 0 unspecified atom stereocenters. The van der Waals surface area contributed by atoms with Crippen LogP contribution < -0.4 is 15.7 Å². The molecule has 9 nitrogen and oxygen atoms in total. The van der Waals surface area contributed by atoms with Crippen LogP contribution >= 0.6 is 0 Å². The summed E-state index contributed by atoms with van der Waals surface area (Å²) in [6, 6.07) is 13.2. The normalized spacial score (nSPS) is 10.3. The van der Waals surface area contributed by atoms with Crippen molar-refractivity contribution >= 4 is 17.6 Å². The Hall–Kier alpha value is -4.01. The lowest BCUT2D eigenvalue weighted by Gasteiger charge is -2.08. The highest BCUT2D eigenvalue weighted by Crippen LogP contribution is 2.20. The molecule has 0 aliphatic heterocycles. The van der Waals surface area contributed by atoms with E-state index in [1.165, 1.54) is 25.4 Å². The van der Waals surface area contributed by atoms with Crippen LogP contribution in [0.1, 0.15) is 10.4 Å². The standard InChI is InChI=1S/C20H18N4O5/c1-28-16-5-3-4-14(10-16)17-11-21-24(20(27)23-17)12-18(25)22-15-8-6-13(7-9-15)19(26)29-2/h3-11H,12H2,1-2H3,(H,22,25). The van der Waals surface area contributed by atoms with Crippen molar-refractivity contribution in [2.45, 2.75) is 6.54 Å². The fourth-order valence-corrected chi connectivity index (χ4v) is 2.54. The summed E-state index contributed by atoms with van der Waals surface area (Å²) in [6.45, 7) is -0.303. The number of aromatic nitrogens is 3.